The number of sulfone groups is 1. The molecule has 3 rings (SSSR count). The van der Waals surface area contributed by atoms with E-state index in [1.54, 1.807) is 38.1 Å². The first kappa shape index (κ1) is 20.3. The van der Waals surface area contributed by atoms with Gasteiger partial charge in [0.1, 0.15) is 4.90 Å². The largest absolute Gasteiger partial charge is 0.326 e. The van der Waals surface area contributed by atoms with Gasteiger partial charge < -0.3 is 5.32 Å². The fraction of sp³-hybridized carbons (Fsp3) is 0.412. The summed E-state index contributed by atoms with van der Waals surface area (Å²) in [7, 11) is -7.03. The molecule has 0 bridgehead atoms. The van der Waals surface area contributed by atoms with Gasteiger partial charge in [-0.15, -0.1) is 0 Å². The van der Waals surface area contributed by atoms with E-state index in [0.717, 1.165) is 0 Å². The molecule has 1 unspecified atom stereocenters. The van der Waals surface area contributed by atoms with E-state index in [0.29, 0.717) is 29.2 Å². The molecule has 1 amide bonds. The van der Waals surface area contributed by atoms with Crippen LogP contribution in [0.4, 0.5) is 11.4 Å². The van der Waals surface area contributed by atoms with Crippen molar-refractivity contribution in [2.24, 2.45) is 0 Å². The predicted molar refractivity (Wildman–Crippen MR) is 106 cm³/mol. The third-order valence-electron chi connectivity index (χ3n) is 4.54. The van der Waals surface area contributed by atoms with Crippen LogP contribution >= 0.6 is 0 Å². The Kier molecular flexibility index (Phi) is 5.24. The lowest BCUT2D eigenvalue weighted by Crippen LogP contribution is -2.17. The van der Waals surface area contributed by atoms with Gasteiger partial charge >= 0.3 is 0 Å². The Hall–Kier alpha value is -2.40. The zero-order valence-corrected chi connectivity index (χ0v) is 17.4. The molecule has 0 saturated carbocycles. The summed E-state index contributed by atoms with van der Waals surface area (Å²) in [5.74, 6) is -0.176. The average molecular weight is 427 g/mol. The molecule has 152 valence electrons. The normalized spacial score (nSPS) is 18.8. The molecule has 28 heavy (non-hydrogen) atoms. The topological polar surface area (TPSA) is 127 Å². The van der Waals surface area contributed by atoms with Crippen LogP contribution in [0.25, 0.3) is 0 Å². The van der Waals surface area contributed by atoms with E-state index in [-0.39, 0.29) is 28.4 Å². The number of nitrogens with zero attached hydrogens (tertiary/aromatic N) is 2. The van der Waals surface area contributed by atoms with Gasteiger partial charge in [-0.2, -0.15) is 5.10 Å². The summed E-state index contributed by atoms with van der Waals surface area (Å²) in [5.41, 5.74) is 1.60. The smallest absolute Gasteiger partial charge is 0.265 e. The van der Waals surface area contributed by atoms with E-state index in [2.05, 4.69) is 15.1 Å². The summed E-state index contributed by atoms with van der Waals surface area (Å²) in [5, 5.41) is 6.91. The molecule has 1 fully saturated rings. The number of carbonyl (C=O) groups is 1. The van der Waals surface area contributed by atoms with Crippen molar-refractivity contribution in [1.29, 1.82) is 0 Å². The predicted octanol–water partition coefficient (Wildman–Crippen LogP) is 1.62. The standard InChI is InChI=1S/C17H22N4O5S2/c1-11-17(12(2)21(19-11)16-8-9-27(23,24)10-16)28(25,26)20-15-6-4-14(5-7-15)18-13(3)22/h4-7,16,20H,8-10H2,1-3H3,(H,18,22). The van der Waals surface area contributed by atoms with E-state index in [4.69, 9.17) is 0 Å². The minimum Gasteiger partial charge on any atom is -0.326 e. The maximum absolute atomic E-state index is 12.9. The van der Waals surface area contributed by atoms with Crippen molar-refractivity contribution >= 4 is 37.1 Å². The second-order valence-corrected chi connectivity index (χ2v) is 10.7. The van der Waals surface area contributed by atoms with Gasteiger partial charge in [0, 0.05) is 18.3 Å². The lowest BCUT2D eigenvalue weighted by atomic mass is 10.2. The van der Waals surface area contributed by atoms with Crippen LogP contribution in [0.1, 0.15) is 30.8 Å². The molecule has 9 nitrogen and oxygen atoms in total. The van der Waals surface area contributed by atoms with E-state index >= 15 is 0 Å². The number of hydrogen-bond acceptors (Lipinski definition) is 6. The highest BCUT2D eigenvalue weighted by atomic mass is 32.2. The highest BCUT2D eigenvalue weighted by Crippen LogP contribution is 2.29. The van der Waals surface area contributed by atoms with E-state index in [1.807, 2.05) is 0 Å². The van der Waals surface area contributed by atoms with Gasteiger partial charge in [0.25, 0.3) is 10.0 Å². The van der Waals surface area contributed by atoms with Crippen LogP contribution in [-0.4, -0.2) is 44.0 Å². The minimum atomic E-state index is -3.92. The number of hydrogen-bond donors (Lipinski definition) is 2. The number of amides is 1. The first-order valence-electron chi connectivity index (χ1n) is 8.65. The number of carbonyl (C=O) groups excluding carboxylic acids is 1. The summed E-state index contributed by atoms with van der Waals surface area (Å²) < 4.78 is 53.3. The third-order valence-corrected chi connectivity index (χ3v) is 7.92. The van der Waals surface area contributed by atoms with Crippen molar-refractivity contribution in [2.75, 3.05) is 21.5 Å². The Morgan fingerprint density at radius 1 is 1.18 bits per heavy atom. The van der Waals surface area contributed by atoms with Gasteiger partial charge in [0.2, 0.25) is 5.91 Å². The Labute approximate surface area is 164 Å². The molecule has 0 spiro atoms. The van der Waals surface area contributed by atoms with Crippen LogP contribution in [-0.2, 0) is 24.7 Å². The number of benzene rings is 1. The van der Waals surface area contributed by atoms with Crippen molar-refractivity contribution in [2.45, 2.75) is 38.1 Å². The van der Waals surface area contributed by atoms with Crippen molar-refractivity contribution in [3.8, 4) is 0 Å². The van der Waals surface area contributed by atoms with Gasteiger partial charge in [-0.05, 0) is 44.5 Å². The van der Waals surface area contributed by atoms with Crippen LogP contribution in [0.3, 0.4) is 0 Å². The van der Waals surface area contributed by atoms with Gasteiger partial charge in [-0.25, -0.2) is 16.8 Å². The van der Waals surface area contributed by atoms with Crippen molar-refractivity contribution in [3.63, 3.8) is 0 Å². The molecular weight excluding hydrogens is 404 g/mol. The van der Waals surface area contributed by atoms with E-state index < -0.39 is 19.9 Å². The van der Waals surface area contributed by atoms with Gasteiger partial charge in [0.15, 0.2) is 9.84 Å². The molecule has 11 heteroatoms. The van der Waals surface area contributed by atoms with E-state index in [9.17, 15) is 21.6 Å². The van der Waals surface area contributed by atoms with Crippen LogP contribution in [0.2, 0.25) is 0 Å². The molecule has 1 aliphatic heterocycles. The highest BCUT2D eigenvalue weighted by Gasteiger charge is 2.33. The summed E-state index contributed by atoms with van der Waals surface area (Å²) in [6.07, 6.45) is 0.418. The number of nitrogens with one attached hydrogen (secondary N) is 2. The molecule has 0 radical (unpaired) electrons. The first-order valence-corrected chi connectivity index (χ1v) is 12.0. The molecule has 1 aliphatic rings. The van der Waals surface area contributed by atoms with Gasteiger partial charge in [0.05, 0.1) is 28.9 Å². The fourth-order valence-electron chi connectivity index (χ4n) is 3.39. The maximum Gasteiger partial charge on any atom is 0.265 e. The second kappa shape index (κ2) is 7.21. The summed E-state index contributed by atoms with van der Waals surface area (Å²) in [4.78, 5) is 11.1. The Bertz CT molecular complexity index is 1120. The van der Waals surface area contributed by atoms with Crippen LogP contribution in [0.5, 0.6) is 0 Å². The second-order valence-electron chi connectivity index (χ2n) is 6.87. The van der Waals surface area contributed by atoms with Gasteiger partial charge in [-0.3, -0.25) is 14.2 Å². The zero-order chi connectivity index (χ0) is 20.7. The molecule has 1 atom stereocenters. The van der Waals surface area contributed by atoms with Crippen molar-refractivity contribution in [3.05, 3.63) is 35.7 Å². The Balaban J connectivity index is 1.87. The lowest BCUT2D eigenvalue weighted by Gasteiger charge is -2.12. The zero-order valence-electron chi connectivity index (χ0n) is 15.8. The SMILES string of the molecule is CC(=O)Nc1ccc(NS(=O)(=O)c2c(C)nn(C3CCS(=O)(=O)C3)c2C)cc1. The molecule has 0 aliphatic carbocycles. The van der Waals surface area contributed by atoms with Crippen LogP contribution in [0.15, 0.2) is 29.2 Å². The number of anilines is 2. The minimum absolute atomic E-state index is 0.0352. The molecule has 2 heterocycles. The highest BCUT2D eigenvalue weighted by molar-refractivity contribution is 7.92. The molecule has 2 N–H and O–H groups in total. The summed E-state index contributed by atoms with van der Waals surface area (Å²) in [6, 6.07) is 5.91. The number of aryl methyl sites for hydroxylation is 1. The molecular formula is C17H22N4O5S2. The fourth-order valence-corrected chi connectivity index (χ4v) is 6.54. The number of rotatable bonds is 5. The quantitative estimate of drug-likeness (QED) is 0.748. The van der Waals surface area contributed by atoms with Crippen molar-refractivity contribution < 1.29 is 21.6 Å². The van der Waals surface area contributed by atoms with E-state index in [1.165, 1.54) is 11.6 Å². The number of aromatic nitrogens is 2. The van der Waals surface area contributed by atoms with Gasteiger partial charge in [-0.1, -0.05) is 0 Å². The average Bonchev–Trinajstić information content (AvgIpc) is 3.07. The van der Waals surface area contributed by atoms with Crippen LogP contribution < -0.4 is 10.0 Å². The Morgan fingerprint density at radius 3 is 2.32 bits per heavy atom. The summed E-state index contributed by atoms with van der Waals surface area (Å²) >= 11 is 0. The van der Waals surface area contributed by atoms with Crippen LogP contribution in [0, 0.1) is 13.8 Å². The molecule has 1 aromatic heterocycles. The Morgan fingerprint density at radius 2 is 1.79 bits per heavy atom. The summed E-state index contributed by atoms with van der Waals surface area (Å²) in [6.45, 7) is 4.59. The first-order chi connectivity index (χ1) is 13.0. The van der Waals surface area contributed by atoms with Crippen molar-refractivity contribution in [1.82, 2.24) is 9.78 Å². The monoisotopic (exact) mass is 426 g/mol. The number of sulfonamides is 1. The maximum atomic E-state index is 12.9. The lowest BCUT2D eigenvalue weighted by molar-refractivity contribution is -0.114. The molecule has 2 aromatic rings. The third kappa shape index (κ3) is 4.20. The molecule has 1 aromatic carbocycles. The molecule has 1 saturated heterocycles.